The number of carboxylic acids is 2. The third kappa shape index (κ3) is 14.5. The third-order valence-electron chi connectivity index (χ3n) is 2.86. The van der Waals surface area contributed by atoms with E-state index in [9.17, 15) is 19.2 Å². The molecule has 150 valence electrons. The lowest BCUT2D eigenvalue weighted by molar-refractivity contribution is -0.139. The van der Waals surface area contributed by atoms with Crippen molar-refractivity contribution in [2.45, 2.75) is 25.7 Å². The number of carbonyl (C=O) groups is 4. The minimum absolute atomic E-state index is 0.0741. The van der Waals surface area contributed by atoms with E-state index in [2.05, 4.69) is 21.4 Å². The van der Waals surface area contributed by atoms with Crippen LogP contribution >= 0.6 is 0 Å². The summed E-state index contributed by atoms with van der Waals surface area (Å²) in [7, 11) is 0. The first-order chi connectivity index (χ1) is 13.2. The number of hydrogen-bond donors (Lipinski definition) is 4. The van der Waals surface area contributed by atoms with E-state index in [4.69, 9.17) is 10.2 Å². The lowest BCUT2D eigenvalue weighted by atomic mass is 10.1. The van der Waals surface area contributed by atoms with Gasteiger partial charge in [-0.1, -0.05) is 0 Å². The van der Waals surface area contributed by atoms with Gasteiger partial charge in [0.25, 0.3) is 0 Å². The summed E-state index contributed by atoms with van der Waals surface area (Å²) in [5.41, 5.74) is 11.6. The van der Waals surface area contributed by atoms with Crippen LogP contribution in [0.1, 0.15) is 25.7 Å². The molecule has 0 saturated heterocycles. The number of amides is 2. The summed E-state index contributed by atoms with van der Waals surface area (Å²) in [6.45, 7) is 0. The Morgan fingerprint density at radius 1 is 0.643 bits per heavy atom. The van der Waals surface area contributed by atoms with Crippen LogP contribution < -0.4 is 11.5 Å². The van der Waals surface area contributed by atoms with Gasteiger partial charge in [0.15, 0.2) is 0 Å². The van der Waals surface area contributed by atoms with Crippen molar-refractivity contribution in [3.05, 3.63) is 49.1 Å². The number of primary amides is 2. The summed E-state index contributed by atoms with van der Waals surface area (Å²) in [6.07, 6.45) is 6.66. The van der Waals surface area contributed by atoms with E-state index < -0.39 is 23.8 Å². The number of nitrogens with two attached hydrogens (primary N) is 2. The van der Waals surface area contributed by atoms with E-state index >= 15 is 0 Å². The second-order valence-electron chi connectivity index (χ2n) is 5.19. The summed E-state index contributed by atoms with van der Waals surface area (Å²) in [5, 5.41) is 15.9. The number of hydrogen-bond acceptors (Lipinski definition) is 6. The number of carboxylic acid groups (broad SMARTS) is 2. The Balaban J connectivity index is 0.000000408. The summed E-state index contributed by atoms with van der Waals surface area (Å²) >= 11 is 0. The normalized spacial score (nSPS) is 9.00. The van der Waals surface area contributed by atoms with E-state index in [1.807, 2.05) is 24.3 Å². The molecule has 10 heteroatoms. The van der Waals surface area contributed by atoms with E-state index in [0.29, 0.717) is 0 Å². The van der Waals surface area contributed by atoms with Crippen LogP contribution in [0.3, 0.4) is 0 Å². The highest BCUT2D eigenvalue weighted by atomic mass is 16.4. The molecule has 10 nitrogen and oxygen atoms in total. The fourth-order valence-corrected chi connectivity index (χ4v) is 1.55. The van der Waals surface area contributed by atoms with E-state index in [1.165, 1.54) is 11.1 Å². The van der Waals surface area contributed by atoms with Crippen LogP contribution in [0.4, 0.5) is 0 Å². The second-order valence-corrected chi connectivity index (χ2v) is 5.19. The van der Waals surface area contributed by atoms with Gasteiger partial charge in [0.05, 0.1) is 12.8 Å². The number of aromatic nitrogens is 2. The minimum atomic E-state index is -0.996. The molecule has 28 heavy (non-hydrogen) atoms. The molecular formula is C18H22N4O6. The van der Waals surface area contributed by atoms with E-state index in [1.54, 1.807) is 24.8 Å². The monoisotopic (exact) mass is 390 g/mol. The van der Waals surface area contributed by atoms with Crippen molar-refractivity contribution < 1.29 is 29.4 Å². The summed E-state index contributed by atoms with van der Waals surface area (Å²) in [4.78, 5) is 47.0. The zero-order valence-corrected chi connectivity index (χ0v) is 15.0. The third-order valence-corrected chi connectivity index (χ3v) is 2.86. The quantitative estimate of drug-likeness (QED) is 0.534. The maximum atomic E-state index is 9.86. The van der Waals surface area contributed by atoms with Crippen LogP contribution in [-0.4, -0.2) is 43.9 Å². The van der Waals surface area contributed by atoms with Gasteiger partial charge in [-0.3, -0.25) is 29.1 Å². The average Bonchev–Trinajstić information content (AvgIpc) is 2.67. The molecular weight excluding hydrogens is 368 g/mol. The molecule has 0 fully saturated rings. The molecule has 0 atom stereocenters. The molecule has 0 unspecified atom stereocenters. The predicted molar refractivity (Wildman–Crippen MR) is 99.6 cm³/mol. The largest absolute Gasteiger partial charge is 0.481 e. The number of rotatable bonds is 7. The van der Waals surface area contributed by atoms with Gasteiger partial charge in [-0.15, -0.1) is 0 Å². The first-order valence-electron chi connectivity index (χ1n) is 8.03. The maximum absolute atomic E-state index is 9.86. The van der Waals surface area contributed by atoms with Crippen LogP contribution in [0, 0.1) is 0 Å². The predicted octanol–water partition coefficient (Wildman–Crippen LogP) is 0.817. The zero-order chi connectivity index (χ0) is 21.4. The van der Waals surface area contributed by atoms with Crippen molar-refractivity contribution in [3.63, 3.8) is 0 Å². The molecule has 0 radical (unpaired) electrons. The van der Waals surface area contributed by atoms with Crippen molar-refractivity contribution >= 4 is 23.8 Å². The number of pyridine rings is 2. The number of nitrogens with zero attached hydrogens (tertiary/aromatic N) is 2. The number of carbonyl (C=O) groups excluding carboxylic acids is 2. The van der Waals surface area contributed by atoms with Gasteiger partial charge in [0.1, 0.15) is 0 Å². The molecule has 6 N–H and O–H groups in total. The van der Waals surface area contributed by atoms with Gasteiger partial charge < -0.3 is 21.7 Å². The van der Waals surface area contributed by atoms with E-state index in [0.717, 1.165) is 0 Å². The summed E-state index contributed by atoms with van der Waals surface area (Å²) < 4.78 is 0. The van der Waals surface area contributed by atoms with Gasteiger partial charge in [-0.05, 0) is 35.4 Å². The van der Waals surface area contributed by atoms with Crippen LogP contribution in [0.15, 0.2) is 49.1 Å². The van der Waals surface area contributed by atoms with Gasteiger partial charge >= 0.3 is 11.9 Å². The van der Waals surface area contributed by atoms with Crippen LogP contribution in [0.2, 0.25) is 0 Å². The smallest absolute Gasteiger partial charge is 0.303 e. The first-order valence-corrected chi connectivity index (χ1v) is 8.03. The average molecular weight is 390 g/mol. The minimum Gasteiger partial charge on any atom is -0.481 e. The molecule has 0 aromatic carbocycles. The molecule has 2 aromatic rings. The maximum Gasteiger partial charge on any atom is 0.303 e. The van der Waals surface area contributed by atoms with Crippen molar-refractivity contribution in [2.24, 2.45) is 11.5 Å². The Bertz CT molecular complexity index is 660. The molecule has 0 aliphatic heterocycles. The molecule has 2 heterocycles. The Labute approximate surface area is 161 Å². The Morgan fingerprint density at radius 2 is 0.929 bits per heavy atom. The van der Waals surface area contributed by atoms with Crippen molar-refractivity contribution in [2.75, 3.05) is 0 Å². The van der Waals surface area contributed by atoms with E-state index in [-0.39, 0.29) is 25.7 Å². The van der Waals surface area contributed by atoms with Crippen LogP contribution in [0.5, 0.6) is 0 Å². The highest BCUT2D eigenvalue weighted by Gasteiger charge is 1.99. The van der Waals surface area contributed by atoms with Crippen LogP contribution in [-0.2, 0) is 19.2 Å². The SMILES string of the molecule is NC(=O)CCC(=O)O.NC(=O)CCC(=O)O.c1cc(-c2ccncc2)ccn1. The highest BCUT2D eigenvalue weighted by molar-refractivity contribution is 5.79. The Morgan fingerprint density at radius 3 is 1.11 bits per heavy atom. The second kappa shape index (κ2) is 14.4. The zero-order valence-electron chi connectivity index (χ0n) is 15.0. The number of aliphatic carboxylic acids is 2. The highest BCUT2D eigenvalue weighted by Crippen LogP contribution is 2.15. The standard InChI is InChI=1S/C10H8N2.2C4H7NO3/c1-5-11-6-2-9(1)10-3-7-12-8-4-10;2*5-3(6)1-2-4(7)8/h1-8H;2*1-2H2,(H2,5,6)(H,7,8). The van der Waals surface area contributed by atoms with Crippen molar-refractivity contribution in [1.82, 2.24) is 9.97 Å². The molecule has 2 aromatic heterocycles. The first kappa shape index (κ1) is 24.2. The molecule has 0 bridgehead atoms. The van der Waals surface area contributed by atoms with Gasteiger partial charge in [-0.2, -0.15) is 0 Å². The molecule has 0 spiro atoms. The molecule has 2 rings (SSSR count). The molecule has 0 saturated carbocycles. The fourth-order valence-electron chi connectivity index (χ4n) is 1.55. The van der Waals surface area contributed by atoms with Gasteiger partial charge in [0.2, 0.25) is 11.8 Å². The topological polar surface area (TPSA) is 187 Å². The summed E-state index contributed by atoms with van der Waals surface area (Å²) in [5.74, 6) is -3.15. The fraction of sp³-hybridized carbons (Fsp3) is 0.222. The lowest BCUT2D eigenvalue weighted by Crippen LogP contribution is -2.12. The summed E-state index contributed by atoms with van der Waals surface area (Å²) in [6, 6.07) is 7.93. The molecule has 0 aliphatic carbocycles. The Hall–Kier alpha value is -3.82. The van der Waals surface area contributed by atoms with Gasteiger partial charge in [-0.25, -0.2) is 0 Å². The van der Waals surface area contributed by atoms with Crippen molar-refractivity contribution in [3.8, 4) is 11.1 Å². The molecule has 0 aliphatic rings. The van der Waals surface area contributed by atoms with Gasteiger partial charge in [0, 0.05) is 37.6 Å². The van der Waals surface area contributed by atoms with Crippen LogP contribution in [0.25, 0.3) is 11.1 Å². The Kier molecular flexibility index (Phi) is 12.4. The van der Waals surface area contributed by atoms with Crippen molar-refractivity contribution in [1.29, 1.82) is 0 Å². The lowest BCUT2D eigenvalue weighted by Gasteiger charge is -1.97. The molecule has 2 amide bonds.